The molecule has 0 aliphatic carbocycles. The van der Waals surface area contributed by atoms with Gasteiger partial charge in [-0.1, -0.05) is 36.2 Å². The van der Waals surface area contributed by atoms with E-state index in [9.17, 15) is 9.90 Å². The Balaban J connectivity index is 2.66. The van der Waals surface area contributed by atoms with Crippen LogP contribution in [-0.4, -0.2) is 15.1 Å². The largest absolute Gasteiger partial charge is 0.493 e. The minimum atomic E-state index is -0.379. The number of nitrogens with one attached hydrogen (secondary N) is 1. The van der Waals surface area contributed by atoms with Crippen LogP contribution in [0.2, 0.25) is 10.0 Å². The van der Waals surface area contributed by atoms with Crippen LogP contribution in [0.5, 0.6) is 5.88 Å². The summed E-state index contributed by atoms with van der Waals surface area (Å²) in [6.45, 7) is 1.76. The molecule has 0 radical (unpaired) electrons. The van der Waals surface area contributed by atoms with Gasteiger partial charge < -0.3 is 10.1 Å². The van der Waals surface area contributed by atoms with Gasteiger partial charge in [0.05, 0.1) is 15.6 Å². The van der Waals surface area contributed by atoms with Crippen LogP contribution in [0.25, 0.3) is 11.4 Å². The van der Waals surface area contributed by atoms with Crippen LogP contribution in [-0.2, 0) is 6.42 Å². The number of hydrogen-bond acceptors (Lipinski definition) is 3. The Hall–Kier alpha value is -1.52. The molecule has 2 N–H and O–H groups in total. The summed E-state index contributed by atoms with van der Waals surface area (Å²) in [6.07, 6.45) is 0.401. The highest BCUT2D eigenvalue weighted by atomic mass is 35.5. The van der Waals surface area contributed by atoms with Gasteiger partial charge in [0, 0.05) is 5.56 Å². The summed E-state index contributed by atoms with van der Waals surface area (Å²) in [5, 5.41) is 10.3. The van der Waals surface area contributed by atoms with E-state index in [2.05, 4.69) is 9.97 Å². The third-order valence-electron chi connectivity index (χ3n) is 2.55. The smallest absolute Gasteiger partial charge is 0.258 e. The molecular formula is C12H10Cl2N2O2. The number of benzene rings is 1. The lowest BCUT2D eigenvalue weighted by Gasteiger charge is -2.07. The fourth-order valence-corrected chi connectivity index (χ4v) is 2.01. The van der Waals surface area contributed by atoms with Crippen molar-refractivity contribution < 1.29 is 5.11 Å². The number of nitrogens with zero attached hydrogens (tertiary/aromatic N) is 1. The molecule has 1 aromatic carbocycles. The number of H-pyrrole nitrogens is 1. The minimum Gasteiger partial charge on any atom is -0.493 e. The maximum Gasteiger partial charge on any atom is 0.258 e. The molecule has 2 aromatic rings. The maximum atomic E-state index is 11.7. The van der Waals surface area contributed by atoms with Crippen LogP contribution < -0.4 is 5.56 Å². The monoisotopic (exact) mass is 284 g/mol. The van der Waals surface area contributed by atoms with Crippen LogP contribution >= 0.6 is 23.2 Å². The van der Waals surface area contributed by atoms with Gasteiger partial charge in [-0.05, 0) is 18.6 Å². The number of hydrogen-bond donors (Lipinski definition) is 2. The average Bonchev–Trinajstić information content (AvgIpc) is 2.32. The summed E-state index contributed by atoms with van der Waals surface area (Å²) in [4.78, 5) is 18.2. The zero-order chi connectivity index (χ0) is 13.3. The second-order valence-corrected chi connectivity index (χ2v) is 4.46. The van der Waals surface area contributed by atoms with Crippen molar-refractivity contribution in [1.29, 1.82) is 0 Å². The third kappa shape index (κ3) is 2.21. The van der Waals surface area contributed by atoms with Gasteiger partial charge in [0.15, 0.2) is 0 Å². The van der Waals surface area contributed by atoms with E-state index in [1.54, 1.807) is 25.1 Å². The highest BCUT2D eigenvalue weighted by molar-refractivity contribution is 6.43. The third-order valence-corrected chi connectivity index (χ3v) is 3.37. The summed E-state index contributed by atoms with van der Waals surface area (Å²) in [5.41, 5.74) is 0.340. The molecule has 94 valence electrons. The molecule has 0 atom stereocenters. The molecule has 0 saturated heterocycles. The van der Waals surface area contributed by atoms with Crippen LogP contribution in [0.4, 0.5) is 0 Å². The van der Waals surface area contributed by atoms with E-state index in [1.165, 1.54) is 0 Å². The molecule has 18 heavy (non-hydrogen) atoms. The average molecular weight is 285 g/mol. The Labute approximate surface area is 113 Å². The number of halogens is 2. The van der Waals surface area contributed by atoms with Crippen molar-refractivity contribution >= 4 is 23.2 Å². The lowest BCUT2D eigenvalue weighted by atomic mass is 10.2. The molecule has 0 saturated carbocycles. The maximum absolute atomic E-state index is 11.7. The minimum absolute atomic E-state index is 0.196. The SMILES string of the molecule is CCc1c(O)nc(-c2cccc(Cl)c2Cl)[nH]c1=O. The number of aromatic hydroxyl groups is 1. The fourth-order valence-electron chi connectivity index (χ4n) is 1.62. The Kier molecular flexibility index (Phi) is 3.59. The van der Waals surface area contributed by atoms with Crippen LogP contribution in [0, 0.1) is 0 Å². The van der Waals surface area contributed by atoms with E-state index in [-0.39, 0.29) is 27.8 Å². The van der Waals surface area contributed by atoms with E-state index >= 15 is 0 Å². The van der Waals surface area contributed by atoms with Gasteiger partial charge >= 0.3 is 0 Å². The Morgan fingerprint density at radius 2 is 2.11 bits per heavy atom. The molecule has 0 aliphatic rings. The fraction of sp³-hybridized carbons (Fsp3) is 0.167. The molecular weight excluding hydrogens is 275 g/mol. The summed E-state index contributed by atoms with van der Waals surface area (Å²) >= 11 is 11.9. The lowest BCUT2D eigenvalue weighted by molar-refractivity contribution is 0.444. The standard InChI is InChI=1S/C12H10Cl2N2O2/c1-2-6-11(17)15-10(16-12(6)18)7-4-3-5-8(13)9(7)14/h3-5H,2H2,1H3,(H2,15,16,17,18). The highest BCUT2D eigenvalue weighted by Gasteiger charge is 2.13. The molecule has 0 bridgehead atoms. The van der Waals surface area contributed by atoms with Gasteiger partial charge in [0.2, 0.25) is 5.88 Å². The molecule has 0 unspecified atom stereocenters. The van der Waals surface area contributed by atoms with Gasteiger partial charge in [0.25, 0.3) is 5.56 Å². The molecule has 1 aromatic heterocycles. The second kappa shape index (κ2) is 5.00. The molecule has 0 fully saturated rings. The molecule has 1 heterocycles. The second-order valence-electron chi connectivity index (χ2n) is 3.67. The molecule has 6 heteroatoms. The van der Waals surface area contributed by atoms with Gasteiger partial charge in [-0.25, -0.2) is 0 Å². The topological polar surface area (TPSA) is 66.0 Å². The predicted octanol–water partition coefficient (Wildman–Crippen LogP) is 3.01. The van der Waals surface area contributed by atoms with E-state index in [0.717, 1.165) is 0 Å². The molecule has 0 amide bonds. The number of aromatic nitrogens is 2. The zero-order valence-electron chi connectivity index (χ0n) is 9.50. The normalized spacial score (nSPS) is 10.6. The zero-order valence-corrected chi connectivity index (χ0v) is 11.0. The van der Waals surface area contributed by atoms with Crippen molar-refractivity contribution in [2.24, 2.45) is 0 Å². The first-order valence-electron chi connectivity index (χ1n) is 5.31. The van der Waals surface area contributed by atoms with E-state index in [4.69, 9.17) is 23.2 Å². The van der Waals surface area contributed by atoms with Crippen molar-refractivity contribution in [3.05, 3.63) is 44.2 Å². The van der Waals surface area contributed by atoms with E-state index < -0.39 is 0 Å². The summed E-state index contributed by atoms with van der Waals surface area (Å²) < 4.78 is 0. The number of rotatable bonds is 2. The summed E-state index contributed by atoms with van der Waals surface area (Å²) in [5.74, 6) is -0.0884. The molecule has 0 spiro atoms. The van der Waals surface area contributed by atoms with Gasteiger partial charge in [-0.3, -0.25) is 4.79 Å². The molecule has 4 nitrogen and oxygen atoms in total. The van der Waals surface area contributed by atoms with Gasteiger partial charge in [-0.15, -0.1) is 0 Å². The van der Waals surface area contributed by atoms with Gasteiger partial charge in [0.1, 0.15) is 5.82 Å². The van der Waals surface area contributed by atoms with Crippen molar-refractivity contribution in [3.8, 4) is 17.3 Å². The first kappa shape index (κ1) is 12.9. The quantitative estimate of drug-likeness (QED) is 0.891. The van der Waals surface area contributed by atoms with E-state index in [0.29, 0.717) is 17.0 Å². The first-order chi connectivity index (χ1) is 8.54. The lowest BCUT2D eigenvalue weighted by Crippen LogP contribution is -2.14. The van der Waals surface area contributed by atoms with Crippen molar-refractivity contribution in [1.82, 2.24) is 9.97 Å². The van der Waals surface area contributed by atoms with Crippen LogP contribution in [0.3, 0.4) is 0 Å². The Morgan fingerprint density at radius 3 is 2.72 bits per heavy atom. The van der Waals surface area contributed by atoms with E-state index in [1.807, 2.05) is 0 Å². The summed E-state index contributed by atoms with van der Waals surface area (Å²) in [6, 6.07) is 4.98. The summed E-state index contributed by atoms with van der Waals surface area (Å²) in [7, 11) is 0. The Morgan fingerprint density at radius 1 is 1.39 bits per heavy atom. The van der Waals surface area contributed by atoms with Crippen molar-refractivity contribution in [3.63, 3.8) is 0 Å². The van der Waals surface area contributed by atoms with Crippen LogP contribution in [0.15, 0.2) is 23.0 Å². The number of aromatic amines is 1. The van der Waals surface area contributed by atoms with Crippen molar-refractivity contribution in [2.75, 3.05) is 0 Å². The first-order valence-corrected chi connectivity index (χ1v) is 6.06. The van der Waals surface area contributed by atoms with Gasteiger partial charge in [-0.2, -0.15) is 4.98 Å². The Bertz CT molecular complexity index is 653. The van der Waals surface area contributed by atoms with Crippen molar-refractivity contribution in [2.45, 2.75) is 13.3 Å². The van der Waals surface area contributed by atoms with Crippen LogP contribution in [0.1, 0.15) is 12.5 Å². The molecule has 2 rings (SSSR count). The molecule has 0 aliphatic heterocycles. The highest BCUT2D eigenvalue weighted by Crippen LogP contribution is 2.31. The predicted molar refractivity (Wildman–Crippen MR) is 71.4 cm³/mol.